The van der Waals surface area contributed by atoms with E-state index < -0.39 is 11.5 Å². The van der Waals surface area contributed by atoms with Gasteiger partial charge in [-0.15, -0.1) is 0 Å². The van der Waals surface area contributed by atoms with Crippen molar-refractivity contribution in [1.82, 2.24) is 4.90 Å². The second-order valence-electron chi connectivity index (χ2n) is 6.44. The zero-order valence-electron chi connectivity index (χ0n) is 14.1. The molecule has 0 aromatic heterocycles. The van der Waals surface area contributed by atoms with Crippen LogP contribution in [0.15, 0.2) is 54.6 Å². The van der Waals surface area contributed by atoms with Gasteiger partial charge in [-0.1, -0.05) is 30.3 Å². The molecule has 1 fully saturated rings. The number of carbonyl (C=O) groups is 2. The highest BCUT2D eigenvalue weighted by molar-refractivity contribution is 5.98. The molecule has 1 aliphatic rings. The minimum absolute atomic E-state index is 0.238. The topological polar surface area (TPSA) is 66.8 Å². The lowest BCUT2D eigenvalue weighted by molar-refractivity contribution is -0.147. The Labute approximate surface area is 146 Å². The number of benzene rings is 2. The van der Waals surface area contributed by atoms with Gasteiger partial charge in [0.2, 0.25) is 0 Å². The SMILES string of the molecule is CC1(C(=O)O)CCCN1C(=O)c1ccc(COc2ccccc2)cc1. The second kappa shape index (κ2) is 6.97. The molecule has 1 heterocycles. The van der Waals surface area contributed by atoms with Gasteiger partial charge in [-0.2, -0.15) is 0 Å². The number of hydrogen-bond acceptors (Lipinski definition) is 3. The van der Waals surface area contributed by atoms with Gasteiger partial charge in [0.1, 0.15) is 17.9 Å². The zero-order valence-corrected chi connectivity index (χ0v) is 14.1. The van der Waals surface area contributed by atoms with E-state index in [1.807, 2.05) is 42.5 Å². The van der Waals surface area contributed by atoms with Gasteiger partial charge >= 0.3 is 5.97 Å². The van der Waals surface area contributed by atoms with Crippen LogP contribution < -0.4 is 4.74 Å². The third-order valence-electron chi connectivity index (χ3n) is 4.70. The van der Waals surface area contributed by atoms with Gasteiger partial charge < -0.3 is 14.7 Å². The Balaban J connectivity index is 1.67. The van der Waals surface area contributed by atoms with Gasteiger partial charge in [0.05, 0.1) is 0 Å². The Morgan fingerprint density at radius 3 is 2.44 bits per heavy atom. The van der Waals surface area contributed by atoms with Gasteiger partial charge in [-0.3, -0.25) is 4.79 Å². The molecule has 1 unspecified atom stereocenters. The molecule has 25 heavy (non-hydrogen) atoms. The highest BCUT2D eigenvalue weighted by Gasteiger charge is 2.46. The highest BCUT2D eigenvalue weighted by Crippen LogP contribution is 2.30. The minimum atomic E-state index is -1.12. The van der Waals surface area contributed by atoms with Gasteiger partial charge in [-0.25, -0.2) is 4.79 Å². The maximum atomic E-state index is 12.7. The summed E-state index contributed by atoms with van der Waals surface area (Å²) in [4.78, 5) is 25.7. The predicted molar refractivity (Wildman–Crippen MR) is 93.5 cm³/mol. The van der Waals surface area contributed by atoms with Gasteiger partial charge in [0, 0.05) is 12.1 Å². The van der Waals surface area contributed by atoms with E-state index in [1.54, 1.807) is 19.1 Å². The number of nitrogens with zero attached hydrogens (tertiary/aromatic N) is 1. The number of carbonyl (C=O) groups excluding carboxylic acids is 1. The van der Waals surface area contributed by atoms with Crippen LogP contribution in [0.1, 0.15) is 35.7 Å². The maximum absolute atomic E-state index is 12.7. The van der Waals surface area contributed by atoms with Crippen LogP contribution in [0.2, 0.25) is 0 Å². The van der Waals surface area contributed by atoms with Crippen LogP contribution in [0.3, 0.4) is 0 Å². The van der Waals surface area contributed by atoms with Crippen LogP contribution >= 0.6 is 0 Å². The second-order valence-corrected chi connectivity index (χ2v) is 6.44. The van der Waals surface area contributed by atoms with Crippen molar-refractivity contribution in [3.8, 4) is 5.75 Å². The average molecular weight is 339 g/mol. The van der Waals surface area contributed by atoms with E-state index in [0.29, 0.717) is 31.6 Å². The normalized spacial score (nSPS) is 19.6. The fourth-order valence-electron chi connectivity index (χ4n) is 3.09. The van der Waals surface area contributed by atoms with Crippen molar-refractivity contribution in [1.29, 1.82) is 0 Å². The van der Waals surface area contributed by atoms with E-state index >= 15 is 0 Å². The van der Waals surface area contributed by atoms with E-state index in [-0.39, 0.29) is 5.91 Å². The number of rotatable bonds is 5. The van der Waals surface area contributed by atoms with Crippen molar-refractivity contribution in [3.63, 3.8) is 0 Å². The summed E-state index contributed by atoms with van der Waals surface area (Å²) in [6.45, 7) is 2.50. The van der Waals surface area contributed by atoms with E-state index in [9.17, 15) is 14.7 Å². The Morgan fingerprint density at radius 1 is 1.12 bits per heavy atom. The van der Waals surface area contributed by atoms with E-state index in [0.717, 1.165) is 11.3 Å². The van der Waals surface area contributed by atoms with Gasteiger partial charge in [0.15, 0.2) is 0 Å². The first-order chi connectivity index (χ1) is 12.0. The van der Waals surface area contributed by atoms with Gasteiger partial charge in [0.25, 0.3) is 5.91 Å². The van der Waals surface area contributed by atoms with Crippen LogP contribution in [0.4, 0.5) is 0 Å². The molecule has 2 aromatic rings. The summed E-state index contributed by atoms with van der Waals surface area (Å²) in [5.41, 5.74) is 0.326. The zero-order chi connectivity index (χ0) is 17.9. The van der Waals surface area contributed by atoms with Crippen molar-refractivity contribution in [3.05, 3.63) is 65.7 Å². The molecule has 0 spiro atoms. The standard InChI is InChI=1S/C20H21NO4/c1-20(19(23)24)12-5-13-21(20)18(22)16-10-8-15(9-11-16)14-25-17-6-3-2-4-7-17/h2-4,6-11H,5,12-14H2,1H3,(H,23,24). The lowest BCUT2D eigenvalue weighted by Crippen LogP contribution is -2.50. The summed E-state index contributed by atoms with van der Waals surface area (Å²) < 4.78 is 5.68. The third-order valence-corrected chi connectivity index (χ3v) is 4.70. The summed E-state index contributed by atoms with van der Waals surface area (Å²) >= 11 is 0. The first-order valence-corrected chi connectivity index (χ1v) is 8.33. The summed E-state index contributed by atoms with van der Waals surface area (Å²) in [7, 11) is 0. The molecule has 0 radical (unpaired) electrons. The summed E-state index contributed by atoms with van der Waals surface area (Å²) in [5.74, 6) is -0.402. The lowest BCUT2D eigenvalue weighted by Gasteiger charge is -2.31. The molecule has 1 atom stereocenters. The Hall–Kier alpha value is -2.82. The molecule has 0 aliphatic carbocycles. The minimum Gasteiger partial charge on any atom is -0.489 e. The fraction of sp³-hybridized carbons (Fsp3) is 0.300. The predicted octanol–water partition coefficient (Wildman–Crippen LogP) is 3.34. The third kappa shape index (κ3) is 3.50. The van der Waals surface area contributed by atoms with Gasteiger partial charge in [-0.05, 0) is 49.6 Å². The molecule has 0 bridgehead atoms. The number of carboxylic acids is 1. The first-order valence-electron chi connectivity index (χ1n) is 8.33. The molecule has 5 nitrogen and oxygen atoms in total. The number of hydrogen-bond donors (Lipinski definition) is 1. The van der Waals surface area contributed by atoms with Crippen LogP contribution in [0, 0.1) is 0 Å². The van der Waals surface area contributed by atoms with E-state index in [2.05, 4.69) is 0 Å². The maximum Gasteiger partial charge on any atom is 0.329 e. The highest BCUT2D eigenvalue weighted by atomic mass is 16.5. The molecule has 3 rings (SSSR count). The summed E-state index contributed by atoms with van der Waals surface area (Å²) in [6.07, 6.45) is 1.19. The van der Waals surface area contributed by atoms with Crippen LogP contribution in [0.5, 0.6) is 5.75 Å². The average Bonchev–Trinajstić information content (AvgIpc) is 3.04. The van der Waals surface area contributed by atoms with Crippen LogP contribution in [-0.4, -0.2) is 34.0 Å². The molecule has 1 aliphatic heterocycles. The van der Waals surface area contributed by atoms with Crippen molar-refractivity contribution in [2.45, 2.75) is 31.9 Å². The molecule has 2 aromatic carbocycles. The van der Waals surface area contributed by atoms with Crippen LogP contribution in [-0.2, 0) is 11.4 Å². The molecular weight excluding hydrogens is 318 g/mol. The molecule has 1 amide bonds. The largest absolute Gasteiger partial charge is 0.489 e. The molecule has 1 saturated heterocycles. The summed E-state index contributed by atoms with van der Waals surface area (Å²) in [6, 6.07) is 16.7. The Morgan fingerprint density at radius 2 is 1.80 bits per heavy atom. The van der Waals surface area contributed by atoms with Crippen molar-refractivity contribution in [2.75, 3.05) is 6.54 Å². The quantitative estimate of drug-likeness (QED) is 0.907. The number of amides is 1. The number of para-hydroxylation sites is 1. The van der Waals surface area contributed by atoms with Crippen molar-refractivity contribution in [2.24, 2.45) is 0 Å². The summed E-state index contributed by atoms with van der Waals surface area (Å²) in [5, 5.41) is 9.45. The number of ether oxygens (including phenoxy) is 1. The smallest absolute Gasteiger partial charge is 0.329 e. The number of aliphatic carboxylic acids is 1. The molecule has 5 heteroatoms. The van der Waals surface area contributed by atoms with E-state index in [1.165, 1.54) is 4.90 Å². The fourth-order valence-corrected chi connectivity index (χ4v) is 3.09. The van der Waals surface area contributed by atoms with Crippen LogP contribution in [0.25, 0.3) is 0 Å². The molecule has 130 valence electrons. The van der Waals surface area contributed by atoms with Crippen molar-refractivity contribution >= 4 is 11.9 Å². The number of likely N-dealkylation sites (tertiary alicyclic amines) is 1. The lowest BCUT2D eigenvalue weighted by atomic mass is 9.98. The first kappa shape index (κ1) is 17.0. The Kier molecular flexibility index (Phi) is 4.74. The Bertz CT molecular complexity index is 757. The molecule has 0 saturated carbocycles. The number of carboxylic acid groups (broad SMARTS) is 1. The van der Waals surface area contributed by atoms with Crippen molar-refractivity contribution < 1.29 is 19.4 Å². The van der Waals surface area contributed by atoms with E-state index in [4.69, 9.17) is 4.74 Å². The molecule has 1 N–H and O–H groups in total. The monoisotopic (exact) mass is 339 g/mol. The molecular formula is C20H21NO4.